The number of rotatable bonds is 6. The topological polar surface area (TPSA) is 105 Å². The van der Waals surface area contributed by atoms with Crippen LogP contribution in [-0.4, -0.2) is 66.9 Å². The second-order valence-corrected chi connectivity index (χ2v) is 9.83. The molecular formula is C27H30N2O6. The third-order valence-electron chi connectivity index (χ3n) is 7.67. The summed E-state index contributed by atoms with van der Waals surface area (Å²) in [6.45, 7) is 3.25. The van der Waals surface area contributed by atoms with E-state index in [0.29, 0.717) is 26.2 Å². The van der Waals surface area contributed by atoms with Crippen LogP contribution in [-0.2, 0) is 19.1 Å². The van der Waals surface area contributed by atoms with Gasteiger partial charge in [-0.2, -0.15) is 0 Å². The first kappa shape index (κ1) is 23.4. The van der Waals surface area contributed by atoms with Gasteiger partial charge in [-0.25, -0.2) is 4.79 Å². The highest BCUT2D eigenvalue weighted by Crippen LogP contribution is 2.45. The first-order valence-electron chi connectivity index (χ1n) is 12.1. The lowest BCUT2D eigenvalue weighted by atomic mass is 9.74. The number of carbonyl (C=O) groups is 3. The van der Waals surface area contributed by atoms with Crippen molar-refractivity contribution in [3.8, 4) is 11.1 Å². The summed E-state index contributed by atoms with van der Waals surface area (Å²) in [5.41, 5.74) is 3.66. The first-order valence-corrected chi connectivity index (χ1v) is 12.1. The molecule has 0 spiro atoms. The molecule has 35 heavy (non-hydrogen) atoms. The molecule has 0 aromatic heterocycles. The Bertz CT molecular complexity index is 1100. The lowest BCUT2D eigenvalue weighted by Crippen LogP contribution is -2.45. The van der Waals surface area contributed by atoms with Crippen molar-refractivity contribution in [2.75, 3.05) is 32.9 Å². The Morgan fingerprint density at radius 1 is 1.14 bits per heavy atom. The maximum absolute atomic E-state index is 12.9. The molecule has 2 aromatic carbocycles. The number of benzene rings is 2. The van der Waals surface area contributed by atoms with Gasteiger partial charge >= 0.3 is 12.1 Å². The molecule has 2 N–H and O–H groups in total. The fourth-order valence-electron chi connectivity index (χ4n) is 5.77. The van der Waals surface area contributed by atoms with E-state index in [4.69, 9.17) is 9.47 Å². The van der Waals surface area contributed by atoms with E-state index in [0.717, 1.165) is 22.3 Å². The Labute approximate surface area is 204 Å². The van der Waals surface area contributed by atoms with Crippen LogP contribution in [0.1, 0.15) is 36.8 Å². The Balaban J connectivity index is 1.15. The molecule has 3 aliphatic rings. The molecule has 2 fully saturated rings. The number of hydrogen-bond acceptors (Lipinski definition) is 5. The monoisotopic (exact) mass is 478 g/mol. The minimum atomic E-state index is -0.933. The number of nitrogens with zero attached hydrogens (tertiary/aromatic N) is 1. The van der Waals surface area contributed by atoms with E-state index in [-0.39, 0.29) is 37.3 Å². The molecule has 5 rings (SSSR count). The molecule has 184 valence electrons. The van der Waals surface area contributed by atoms with E-state index in [9.17, 15) is 19.5 Å². The molecular weight excluding hydrogens is 448 g/mol. The molecule has 2 aliphatic heterocycles. The number of fused-ring (bicyclic) bond motifs is 4. The van der Waals surface area contributed by atoms with Crippen LogP contribution >= 0.6 is 0 Å². The average Bonchev–Trinajstić information content (AvgIpc) is 3.40. The van der Waals surface area contributed by atoms with E-state index in [1.165, 1.54) is 0 Å². The Morgan fingerprint density at radius 2 is 1.80 bits per heavy atom. The van der Waals surface area contributed by atoms with Gasteiger partial charge in [-0.1, -0.05) is 48.5 Å². The van der Waals surface area contributed by atoms with Crippen molar-refractivity contribution in [3.05, 3.63) is 59.7 Å². The van der Waals surface area contributed by atoms with Gasteiger partial charge in [-0.05, 0) is 35.6 Å². The summed E-state index contributed by atoms with van der Waals surface area (Å²) in [5, 5.41) is 12.6. The summed E-state index contributed by atoms with van der Waals surface area (Å²) in [4.78, 5) is 39.0. The molecule has 3 atom stereocenters. The number of likely N-dealkylation sites (tertiary alicyclic amines) is 1. The van der Waals surface area contributed by atoms with E-state index in [2.05, 4.69) is 29.6 Å². The largest absolute Gasteiger partial charge is 0.481 e. The van der Waals surface area contributed by atoms with Crippen molar-refractivity contribution >= 4 is 18.0 Å². The smallest absolute Gasteiger partial charge is 0.407 e. The van der Waals surface area contributed by atoms with E-state index in [1.54, 1.807) is 11.8 Å². The van der Waals surface area contributed by atoms with Crippen LogP contribution in [0.3, 0.4) is 0 Å². The average molecular weight is 479 g/mol. The second kappa shape index (κ2) is 9.34. The zero-order valence-electron chi connectivity index (χ0n) is 19.7. The number of aliphatic carboxylic acids is 1. The predicted molar refractivity (Wildman–Crippen MR) is 128 cm³/mol. The van der Waals surface area contributed by atoms with Crippen LogP contribution in [0.2, 0.25) is 0 Å². The highest BCUT2D eigenvalue weighted by atomic mass is 16.5. The number of nitrogens with one attached hydrogen (secondary N) is 1. The standard InChI is InChI=1S/C27H30N2O6/c1-17(12-24(30)29-13-18-14-34-11-10-27(18,16-29)25(31)32)28-26(33)35-15-23-21-8-4-2-6-19(21)20-7-3-5-9-22(20)23/h2-9,17-18,23H,10-16H2,1H3,(H,28,33)(H,31,32). The summed E-state index contributed by atoms with van der Waals surface area (Å²) in [5.74, 6) is -1.28. The van der Waals surface area contributed by atoms with Crippen molar-refractivity contribution < 1.29 is 29.0 Å². The minimum Gasteiger partial charge on any atom is -0.481 e. The van der Waals surface area contributed by atoms with E-state index in [1.807, 2.05) is 24.3 Å². The zero-order valence-corrected chi connectivity index (χ0v) is 19.7. The number of carboxylic acids is 1. The molecule has 3 unspecified atom stereocenters. The Hall–Kier alpha value is -3.39. The molecule has 2 heterocycles. The Kier molecular flexibility index (Phi) is 6.23. The van der Waals surface area contributed by atoms with E-state index < -0.39 is 23.5 Å². The van der Waals surface area contributed by atoms with Crippen LogP contribution < -0.4 is 5.32 Å². The van der Waals surface area contributed by atoms with Crippen LogP contribution in [0.25, 0.3) is 11.1 Å². The number of carboxylic acid groups (broad SMARTS) is 1. The number of amides is 2. The molecule has 8 nitrogen and oxygen atoms in total. The maximum Gasteiger partial charge on any atom is 0.407 e. The lowest BCUT2D eigenvalue weighted by Gasteiger charge is -2.33. The molecule has 2 saturated heterocycles. The van der Waals surface area contributed by atoms with Gasteiger partial charge in [0.25, 0.3) is 0 Å². The highest BCUT2D eigenvalue weighted by Gasteiger charge is 2.54. The van der Waals surface area contributed by atoms with Crippen molar-refractivity contribution in [1.82, 2.24) is 10.2 Å². The van der Waals surface area contributed by atoms with Crippen LogP contribution in [0.15, 0.2) is 48.5 Å². The summed E-state index contributed by atoms with van der Waals surface area (Å²) in [6, 6.07) is 15.8. The predicted octanol–water partition coefficient (Wildman–Crippen LogP) is 3.25. The summed E-state index contributed by atoms with van der Waals surface area (Å²) in [6.07, 6.45) is -0.0877. The molecule has 8 heteroatoms. The first-order chi connectivity index (χ1) is 16.9. The van der Waals surface area contributed by atoms with Crippen molar-refractivity contribution in [2.24, 2.45) is 11.3 Å². The number of ether oxygens (including phenoxy) is 2. The number of hydrogen-bond donors (Lipinski definition) is 2. The maximum atomic E-state index is 12.9. The van der Waals surface area contributed by atoms with Gasteiger partial charge in [-0.15, -0.1) is 0 Å². The van der Waals surface area contributed by atoms with Crippen molar-refractivity contribution in [1.29, 1.82) is 0 Å². The van der Waals surface area contributed by atoms with Gasteiger partial charge in [0, 0.05) is 44.0 Å². The lowest BCUT2D eigenvalue weighted by molar-refractivity contribution is -0.157. The van der Waals surface area contributed by atoms with Gasteiger partial charge in [0.1, 0.15) is 6.61 Å². The van der Waals surface area contributed by atoms with Crippen LogP contribution in [0.4, 0.5) is 4.79 Å². The van der Waals surface area contributed by atoms with Gasteiger partial charge in [-0.3, -0.25) is 9.59 Å². The molecule has 1 aliphatic carbocycles. The fraction of sp³-hybridized carbons (Fsp3) is 0.444. The molecule has 0 bridgehead atoms. The van der Waals surface area contributed by atoms with Gasteiger partial charge in [0.15, 0.2) is 0 Å². The van der Waals surface area contributed by atoms with Gasteiger partial charge < -0.3 is 24.8 Å². The quantitative estimate of drug-likeness (QED) is 0.660. The molecule has 2 amide bonds. The normalized spacial score (nSPS) is 23.7. The van der Waals surface area contributed by atoms with Gasteiger partial charge in [0.2, 0.25) is 5.91 Å². The third-order valence-corrected chi connectivity index (χ3v) is 7.67. The van der Waals surface area contributed by atoms with Crippen molar-refractivity contribution in [3.63, 3.8) is 0 Å². The number of carbonyl (C=O) groups excluding carboxylic acids is 2. The van der Waals surface area contributed by atoms with Crippen LogP contribution in [0, 0.1) is 11.3 Å². The Morgan fingerprint density at radius 3 is 2.43 bits per heavy atom. The number of alkyl carbamates (subject to hydrolysis) is 1. The van der Waals surface area contributed by atoms with Gasteiger partial charge in [0.05, 0.1) is 12.0 Å². The van der Waals surface area contributed by atoms with E-state index >= 15 is 0 Å². The van der Waals surface area contributed by atoms with Crippen LogP contribution in [0.5, 0.6) is 0 Å². The SMILES string of the molecule is CC(CC(=O)N1CC2COCCC2(C(=O)O)C1)NC(=O)OCC1c2ccccc2-c2ccccc21. The summed E-state index contributed by atoms with van der Waals surface area (Å²) in [7, 11) is 0. The summed E-state index contributed by atoms with van der Waals surface area (Å²) >= 11 is 0. The molecule has 0 radical (unpaired) electrons. The van der Waals surface area contributed by atoms with Crippen molar-refractivity contribution in [2.45, 2.75) is 31.7 Å². The zero-order chi connectivity index (χ0) is 24.6. The second-order valence-electron chi connectivity index (χ2n) is 9.83. The molecule has 0 saturated carbocycles. The fourth-order valence-corrected chi connectivity index (χ4v) is 5.77. The minimum absolute atomic E-state index is 0.0348. The summed E-state index contributed by atoms with van der Waals surface area (Å²) < 4.78 is 11.0. The third kappa shape index (κ3) is 4.27. The molecule has 2 aromatic rings. The highest BCUT2D eigenvalue weighted by molar-refractivity contribution is 5.82.